The molecule has 1 aromatic carbocycles. The van der Waals surface area contributed by atoms with Crippen LogP contribution in [-0.2, 0) is 25.6 Å². The first-order chi connectivity index (χ1) is 12.2. The highest BCUT2D eigenvalue weighted by atomic mass is 16.4. The average Bonchev–Trinajstić information content (AvgIpc) is 2.59. The monoisotopic (exact) mass is 365 g/mol. The molecule has 9 nitrogen and oxygen atoms in total. The summed E-state index contributed by atoms with van der Waals surface area (Å²) in [6.07, 6.45) is -0.219. The summed E-state index contributed by atoms with van der Waals surface area (Å²) in [7, 11) is 0. The minimum atomic E-state index is -1.21. The van der Waals surface area contributed by atoms with E-state index in [9.17, 15) is 19.2 Å². The Labute approximate surface area is 150 Å². The van der Waals surface area contributed by atoms with Crippen molar-refractivity contribution in [1.82, 2.24) is 10.6 Å². The number of nitrogens with one attached hydrogen (secondary N) is 2. The lowest BCUT2D eigenvalue weighted by atomic mass is 10.0. The van der Waals surface area contributed by atoms with Gasteiger partial charge in [-0.15, -0.1) is 0 Å². The molecule has 3 unspecified atom stereocenters. The number of aliphatic carboxylic acids is 2. The van der Waals surface area contributed by atoms with E-state index >= 15 is 0 Å². The maximum absolute atomic E-state index is 12.4. The maximum Gasteiger partial charge on any atom is 0.325 e. The van der Waals surface area contributed by atoms with Gasteiger partial charge in [-0.1, -0.05) is 30.3 Å². The number of nitrogens with two attached hydrogens (primary N) is 1. The van der Waals surface area contributed by atoms with Crippen LogP contribution >= 0.6 is 0 Å². The molecule has 0 saturated carbocycles. The molecule has 9 heteroatoms. The molecule has 0 spiro atoms. The van der Waals surface area contributed by atoms with E-state index < -0.39 is 41.9 Å². The maximum atomic E-state index is 12.4. The normalized spacial score (nSPS) is 13.9. The molecule has 3 atom stereocenters. The fourth-order valence-electron chi connectivity index (χ4n) is 2.12. The predicted octanol–water partition coefficient (Wildman–Crippen LogP) is -0.505. The van der Waals surface area contributed by atoms with Crippen molar-refractivity contribution in [2.45, 2.75) is 44.3 Å². The number of carbonyl (C=O) groups is 4. The van der Waals surface area contributed by atoms with E-state index in [0.29, 0.717) is 0 Å². The van der Waals surface area contributed by atoms with Crippen LogP contribution in [0.25, 0.3) is 0 Å². The third-order valence-electron chi connectivity index (χ3n) is 3.65. The van der Waals surface area contributed by atoms with Crippen LogP contribution < -0.4 is 16.4 Å². The summed E-state index contributed by atoms with van der Waals surface area (Å²) in [4.78, 5) is 46.0. The van der Waals surface area contributed by atoms with Crippen LogP contribution in [0.2, 0.25) is 0 Å². The molecular weight excluding hydrogens is 342 g/mol. The van der Waals surface area contributed by atoms with Gasteiger partial charge in [0.1, 0.15) is 12.1 Å². The molecular formula is C17H23N3O6. The van der Waals surface area contributed by atoms with E-state index in [4.69, 9.17) is 15.9 Å². The Bertz CT molecular complexity index is 649. The average molecular weight is 365 g/mol. The van der Waals surface area contributed by atoms with E-state index in [0.717, 1.165) is 5.56 Å². The van der Waals surface area contributed by atoms with Crippen molar-refractivity contribution in [1.29, 1.82) is 0 Å². The molecule has 1 rings (SSSR count). The molecule has 2 amide bonds. The summed E-state index contributed by atoms with van der Waals surface area (Å²) in [5, 5.41) is 22.3. The molecule has 0 aliphatic rings. The zero-order chi connectivity index (χ0) is 19.7. The Balaban J connectivity index is 2.82. The molecule has 0 saturated heterocycles. The highest BCUT2D eigenvalue weighted by Crippen LogP contribution is 2.05. The predicted molar refractivity (Wildman–Crippen MR) is 92.2 cm³/mol. The zero-order valence-corrected chi connectivity index (χ0v) is 14.3. The Kier molecular flexibility index (Phi) is 8.23. The Hall–Kier alpha value is -2.94. The third kappa shape index (κ3) is 7.31. The fourth-order valence-corrected chi connectivity index (χ4v) is 2.12. The molecule has 0 aromatic heterocycles. The van der Waals surface area contributed by atoms with Crippen LogP contribution in [0.3, 0.4) is 0 Å². The molecule has 1 aromatic rings. The Morgan fingerprint density at radius 2 is 1.65 bits per heavy atom. The van der Waals surface area contributed by atoms with Crippen molar-refractivity contribution in [3.63, 3.8) is 0 Å². The van der Waals surface area contributed by atoms with Crippen LogP contribution in [0.4, 0.5) is 0 Å². The smallest absolute Gasteiger partial charge is 0.325 e. The van der Waals surface area contributed by atoms with Crippen LogP contribution in [0.15, 0.2) is 30.3 Å². The van der Waals surface area contributed by atoms with Crippen molar-refractivity contribution >= 4 is 23.8 Å². The van der Waals surface area contributed by atoms with Gasteiger partial charge in [-0.25, -0.2) is 0 Å². The fraction of sp³-hybridized carbons (Fsp3) is 0.412. The Morgan fingerprint density at radius 3 is 2.19 bits per heavy atom. The third-order valence-corrected chi connectivity index (χ3v) is 3.65. The van der Waals surface area contributed by atoms with Crippen LogP contribution in [0, 0.1) is 0 Å². The van der Waals surface area contributed by atoms with Crippen molar-refractivity contribution in [2.24, 2.45) is 5.73 Å². The second kappa shape index (κ2) is 10.1. The second-order valence-electron chi connectivity index (χ2n) is 5.86. The van der Waals surface area contributed by atoms with Gasteiger partial charge in [-0.2, -0.15) is 0 Å². The molecule has 6 N–H and O–H groups in total. The van der Waals surface area contributed by atoms with Crippen LogP contribution in [-0.4, -0.2) is 52.1 Å². The molecule has 0 radical (unpaired) electrons. The zero-order valence-electron chi connectivity index (χ0n) is 14.3. The highest BCUT2D eigenvalue weighted by Gasteiger charge is 2.26. The lowest BCUT2D eigenvalue weighted by Gasteiger charge is -2.22. The number of carboxylic acid groups (broad SMARTS) is 2. The van der Waals surface area contributed by atoms with Crippen molar-refractivity contribution < 1.29 is 29.4 Å². The molecule has 0 aliphatic heterocycles. The molecule has 0 heterocycles. The Morgan fingerprint density at radius 1 is 1.04 bits per heavy atom. The van der Waals surface area contributed by atoms with Gasteiger partial charge >= 0.3 is 11.9 Å². The number of rotatable bonds is 10. The summed E-state index contributed by atoms with van der Waals surface area (Å²) in [6, 6.07) is 5.60. The number of carbonyl (C=O) groups excluding carboxylic acids is 2. The summed E-state index contributed by atoms with van der Waals surface area (Å²) in [6.45, 7) is 1.31. The first-order valence-electron chi connectivity index (χ1n) is 8.05. The van der Waals surface area contributed by atoms with Crippen LogP contribution in [0.5, 0.6) is 0 Å². The van der Waals surface area contributed by atoms with Crippen molar-refractivity contribution in [2.75, 3.05) is 0 Å². The molecule has 0 aliphatic carbocycles. The van der Waals surface area contributed by atoms with E-state index in [-0.39, 0.29) is 19.3 Å². The van der Waals surface area contributed by atoms with E-state index in [1.807, 2.05) is 0 Å². The quantitative estimate of drug-likeness (QED) is 0.373. The van der Waals surface area contributed by atoms with E-state index in [1.165, 1.54) is 6.92 Å². The molecule has 26 heavy (non-hydrogen) atoms. The summed E-state index contributed by atoms with van der Waals surface area (Å²) < 4.78 is 0. The lowest BCUT2D eigenvalue weighted by Crippen LogP contribution is -2.54. The van der Waals surface area contributed by atoms with Crippen molar-refractivity contribution in [3.05, 3.63) is 35.9 Å². The number of hydrogen-bond donors (Lipinski definition) is 5. The van der Waals surface area contributed by atoms with Gasteiger partial charge in [0.15, 0.2) is 0 Å². The summed E-state index contributed by atoms with van der Waals surface area (Å²) in [5.74, 6) is -3.63. The molecule has 0 bridgehead atoms. The number of carboxylic acids is 2. The number of hydrogen-bond acceptors (Lipinski definition) is 5. The lowest BCUT2D eigenvalue weighted by molar-refractivity contribution is -0.141. The molecule has 142 valence electrons. The van der Waals surface area contributed by atoms with Gasteiger partial charge < -0.3 is 26.6 Å². The van der Waals surface area contributed by atoms with Crippen molar-refractivity contribution in [3.8, 4) is 0 Å². The minimum absolute atomic E-state index is 0.0770. The first-order valence-corrected chi connectivity index (χ1v) is 8.05. The first kappa shape index (κ1) is 21.1. The summed E-state index contributed by atoms with van der Waals surface area (Å²) >= 11 is 0. The van der Waals surface area contributed by atoms with E-state index in [2.05, 4.69) is 10.6 Å². The van der Waals surface area contributed by atoms with Gasteiger partial charge in [-0.3, -0.25) is 19.2 Å². The minimum Gasteiger partial charge on any atom is -0.481 e. The second-order valence-corrected chi connectivity index (χ2v) is 5.86. The molecule has 0 fully saturated rings. The number of amides is 2. The SMILES string of the molecule is CC(NC(=O)C(Cc1ccccc1)NC(=O)C(N)CCC(=O)O)C(=O)O. The largest absolute Gasteiger partial charge is 0.481 e. The standard InChI is InChI=1S/C17H23N3O6/c1-10(17(25)26)19-16(24)13(9-11-5-3-2-4-6-11)20-15(23)12(18)7-8-14(21)22/h2-6,10,12-13H,7-9,18H2,1H3,(H,19,24)(H,20,23)(H,21,22)(H,25,26). The van der Waals surface area contributed by atoms with Gasteiger partial charge in [0.25, 0.3) is 0 Å². The van der Waals surface area contributed by atoms with Gasteiger partial charge in [0.2, 0.25) is 11.8 Å². The topological polar surface area (TPSA) is 159 Å². The number of benzene rings is 1. The van der Waals surface area contributed by atoms with Gasteiger partial charge in [0, 0.05) is 12.8 Å². The van der Waals surface area contributed by atoms with E-state index in [1.54, 1.807) is 30.3 Å². The van der Waals surface area contributed by atoms with Gasteiger partial charge in [-0.05, 0) is 18.9 Å². The van der Waals surface area contributed by atoms with Crippen LogP contribution in [0.1, 0.15) is 25.3 Å². The van der Waals surface area contributed by atoms with Gasteiger partial charge in [0.05, 0.1) is 6.04 Å². The summed E-state index contributed by atoms with van der Waals surface area (Å²) in [5.41, 5.74) is 6.41. The highest BCUT2D eigenvalue weighted by molar-refractivity contribution is 5.92.